The van der Waals surface area contributed by atoms with Crippen LogP contribution in [0.5, 0.6) is 0 Å². The number of fused-ring (bicyclic) bond motifs is 1. The minimum Gasteiger partial charge on any atom is -0.370 e. The fourth-order valence-corrected chi connectivity index (χ4v) is 3.17. The van der Waals surface area contributed by atoms with Gasteiger partial charge in [-0.1, -0.05) is 18.2 Å². The summed E-state index contributed by atoms with van der Waals surface area (Å²) in [4.78, 5) is 3.37. The highest BCUT2D eigenvalue weighted by Gasteiger charge is 2.23. The zero-order chi connectivity index (χ0) is 15.8. The third-order valence-electron chi connectivity index (χ3n) is 4.14. The highest BCUT2D eigenvalue weighted by atomic mass is 32.1. The number of hydrogen-bond donors (Lipinski definition) is 2. The van der Waals surface area contributed by atoms with Crippen molar-refractivity contribution >= 4 is 29.3 Å². The Bertz CT molecular complexity index is 929. The molecule has 23 heavy (non-hydrogen) atoms. The van der Waals surface area contributed by atoms with E-state index in [2.05, 4.69) is 32.4 Å². The first-order valence-electron chi connectivity index (χ1n) is 7.64. The van der Waals surface area contributed by atoms with E-state index in [0.717, 1.165) is 47.4 Å². The molecule has 7 heteroatoms. The Labute approximate surface area is 138 Å². The van der Waals surface area contributed by atoms with Crippen LogP contribution < -0.4 is 0 Å². The molecule has 3 aromatic rings. The van der Waals surface area contributed by atoms with Gasteiger partial charge in [0.15, 0.2) is 5.82 Å². The second-order valence-corrected chi connectivity index (χ2v) is 6.04. The van der Waals surface area contributed by atoms with Crippen molar-refractivity contribution in [3.05, 3.63) is 46.1 Å². The van der Waals surface area contributed by atoms with Gasteiger partial charge in [0.25, 0.3) is 0 Å². The van der Waals surface area contributed by atoms with Crippen molar-refractivity contribution in [1.29, 1.82) is 0 Å². The van der Waals surface area contributed by atoms with E-state index in [-0.39, 0.29) is 6.10 Å². The van der Waals surface area contributed by atoms with Gasteiger partial charge >= 0.3 is 0 Å². The predicted molar refractivity (Wildman–Crippen MR) is 91.4 cm³/mol. The van der Waals surface area contributed by atoms with Gasteiger partial charge in [-0.3, -0.25) is 5.10 Å². The fraction of sp³-hybridized carbons (Fsp3) is 0.312. The first-order valence-corrected chi connectivity index (χ1v) is 8.05. The fourth-order valence-electron chi connectivity index (χ4n) is 2.99. The average molecular weight is 327 g/mol. The molecule has 6 nitrogen and oxygen atoms in total. The maximum atomic E-state index is 5.69. The zero-order valence-corrected chi connectivity index (χ0v) is 13.6. The average Bonchev–Trinajstić information content (AvgIpc) is 3.25. The van der Waals surface area contributed by atoms with E-state index in [0.29, 0.717) is 4.77 Å². The van der Waals surface area contributed by atoms with Gasteiger partial charge in [0.2, 0.25) is 4.77 Å². The van der Waals surface area contributed by atoms with Crippen molar-refractivity contribution in [2.75, 3.05) is 6.61 Å². The maximum Gasteiger partial charge on any atom is 0.216 e. The normalized spacial score (nSPS) is 18.4. The van der Waals surface area contributed by atoms with E-state index in [1.54, 1.807) is 4.68 Å². The molecule has 1 aliphatic heterocycles. The third kappa shape index (κ3) is 2.51. The van der Waals surface area contributed by atoms with Crippen LogP contribution in [0.1, 0.15) is 36.0 Å². The van der Waals surface area contributed by atoms with E-state index in [1.807, 2.05) is 25.3 Å². The molecule has 2 aromatic heterocycles. The van der Waals surface area contributed by atoms with Crippen LogP contribution in [0.4, 0.5) is 0 Å². The summed E-state index contributed by atoms with van der Waals surface area (Å²) in [7, 11) is 0. The molecule has 1 atom stereocenters. The first-order chi connectivity index (χ1) is 11.2. The van der Waals surface area contributed by atoms with Gasteiger partial charge < -0.3 is 9.72 Å². The summed E-state index contributed by atoms with van der Waals surface area (Å²) >= 11 is 5.30. The Kier molecular flexibility index (Phi) is 3.59. The van der Waals surface area contributed by atoms with Crippen molar-refractivity contribution in [1.82, 2.24) is 19.9 Å². The molecule has 2 N–H and O–H groups in total. The van der Waals surface area contributed by atoms with Crippen molar-refractivity contribution in [3.63, 3.8) is 0 Å². The number of aromatic amines is 2. The van der Waals surface area contributed by atoms with Crippen LogP contribution >= 0.6 is 12.2 Å². The quantitative estimate of drug-likeness (QED) is 0.571. The molecule has 1 aromatic carbocycles. The van der Waals surface area contributed by atoms with Crippen LogP contribution in [0.3, 0.4) is 0 Å². The van der Waals surface area contributed by atoms with Gasteiger partial charge in [-0.25, -0.2) is 0 Å². The molecule has 118 valence electrons. The van der Waals surface area contributed by atoms with E-state index in [1.165, 1.54) is 0 Å². The second-order valence-electron chi connectivity index (χ2n) is 5.65. The highest BCUT2D eigenvalue weighted by molar-refractivity contribution is 7.71. The van der Waals surface area contributed by atoms with Crippen LogP contribution in [0, 0.1) is 11.7 Å². The molecule has 1 saturated heterocycles. The topological polar surface area (TPSA) is 71.0 Å². The number of aromatic nitrogens is 4. The Morgan fingerprint density at radius 3 is 3.13 bits per heavy atom. The highest BCUT2D eigenvalue weighted by Crippen LogP contribution is 2.27. The lowest BCUT2D eigenvalue weighted by Crippen LogP contribution is -2.05. The molecule has 0 saturated carbocycles. The number of nitrogens with zero attached hydrogens (tertiary/aromatic N) is 3. The third-order valence-corrected chi connectivity index (χ3v) is 4.40. The molecule has 1 fully saturated rings. The molecule has 0 spiro atoms. The molecule has 3 heterocycles. The summed E-state index contributed by atoms with van der Waals surface area (Å²) in [6.45, 7) is 2.80. The summed E-state index contributed by atoms with van der Waals surface area (Å²) in [5.41, 5.74) is 3.23. The molecular weight excluding hydrogens is 310 g/mol. The number of aryl methyl sites for hydroxylation is 1. The molecule has 1 aliphatic rings. The van der Waals surface area contributed by atoms with Gasteiger partial charge in [0, 0.05) is 28.8 Å². The molecule has 0 radical (unpaired) electrons. The molecule has 0 unspecified atom stereocenters. The molecule has 0 amide bonds. The lowest BCUT2D eigenvalue weighted by atomic mass is 10.1. The standard InChI is InChI=1S/C16H17N5OS/c1-10-12(11-5-2-3-6-13(11)18-10)9-17-21-15(19-20-16(21)23)14-7-4-8-22-14/h2-3,5-6,9,14,18H,4,7-8H2,1H3,(H,20,23)/b17-9+/t14-/m1/s1. The van der Waals surface area contributed by atoms with E-state index >= 15 is 0 Å². The van der Waals surface area contributed by atoms with Gasteiger partial charge in [-0.15, -0.1) is 0 Å². The smallest absolute Gasteiger partial charge is 0.216 e. The number of hydrogen-bond acceptors (Lipinski definition) is 4. The van der Waals surface area contributed by atoms with Crippen molar-refractivity contribution < 1.29 is 4.74 Å². The summed E-state index contributed by atoms with van der Waals surface area (Å²) in [6, 6.07) is 8.17. The van der Waals surface area contributed by atoms with Crippen LogP contribution in [0.2, 0.25) is 0 Å². The summed E-state index contributed by atoms with van der Waals surface area (Å²) in [5, 5.41) is 12.8. The Balaban J connectivity index is 1.75. The SMILES string of the molecule is Cc1[nH]c2ccccc2c1/C=N/n1c([C@H]2CCCO2)n[nH]c1=S. The predicted octanol–water partition coefficient (Wildman–Crippen LogP) is 3.46. The van der Waals surface area contributed by atoms with E-state index < -0.39 is 0 Å². The number of nitrogens with one attached hydrogen (secondary N) is 2. The molecule has 0 bridgehead atoms. The van der Waals surface area contributed by atoms with Crippen LogP contribution in [0.15, 0.2) is 29.4 Å². The first kappa shape index (κ1) is 14.3. The van der Waals surface area contributed by atoms with Crippen LogP contribution in [-0.2, 0) is 4.74 Å². The number of rotatable bonds is 3. The van der Waals surface area contributed by atoms with Crippen LogP contribution in [-0.4, -0.2) is 32.7 Å². The van der Waals surface area contributed by atoms with E-state index in [9.17, 15) is 0 Å². The zero-order valence-electron chi connectivity index (χ0n) is 12.7. The minimum absolute atomic E-state index is 0.0378. The molecular formula is C16H17N5OS. The largest absolute Gasteiger partial charge is 0.370 e. The molecule has 4 rings (SSSR count). The van der Waals surface area contributed by atoms with Crippen LogP contribution in [0.25, 0.3) is 10.9 Å². The van der Waals surface area contributed by atoms with E-state index in [4.69, 9.17) is 17.0 Å². The van der Waals surface area contributed by atoms with Gasteiger partial charge in [-0.05, 0) is 38.0 Å². The lowest BCUT2D eigenvalue weighted by Gasteiger charge is -2.07. The van der Waals surface area contributed by atoms with Gasteiger partial charge in [0.05, 0.1) is 6.21 Å². The molecule has 0 aliphatic carbocycles. The lowest BCUT2D eigenvalue weighted by molar-refractivity contribution is 0.102. The van der Waals surface area contributed by atoms with Crippen molar-refractivity contribution in [2.24, 2.45) is 5.10 Å². The summed E-state index contributed by atoms with van der Waals surface area (Å²) in [6.07, 6.45) is 3.78. The number of para-hydroxylation sites is 1. The summed E-state index contributed by atoms with van der Waals surface area (Å²) in [5.74, 6) is 0.737. The monoisotopic (exact) mass is 327 g/mol. The van der Waals surface area contributed by atoms with Gasteiger partial charge in [0.1, 0.15) is 6.10 Å². The minimum atomic E-state index is -0.0378. The number of H-pyrrole nitrogens is 2. The number of benzene rings is 1. The Morgan fingerprint density at radius 1 is 1.43 bits per heavy atom. The Morgan fingerprint density at radius 2 is 2.30 bits per heavy atom. The second kappa shape index (κ2) is 5.75. The Hall–Kier alpha value is -2.25. The van der Waals surface area contributed by atoms with Gasteiger partial charge in [-0.2, -0.15) is 14.9 Å². The summed E-state index contributed by atoms with van der Waals surface area (Å²) < 4.78 is 7.83. The number of ether oxygens (including phenoxy) is 1. The van der Waals surface area contributed by atoms with Crippen molar-refractivity contribution in [3.8, 4) is 0 Å². The maximum absolute atomic E-state index is 5.69. The van der Waals surface area contributed by atoms with Crippen molar-refractivity contribution in [2.45, 2.75) is 25.9 Å².